The summed E-state index contributed by atoms with van der Waals surface area (Å²) >= 11 is 5.70. The molecule has 0 radical (unpaired) electrons. The van der Waals surface area contributed by atoms with E-state index >= 15 is 0 Å². The molecule has 5 nitrogen and oxygen atoms in total. The normalized spacial score (nSPS) is 12.0. The van der Waals surface area contributed by atoms with Crippen molar-refractivity contribution in [3.05, 3.63) is 29.3 Å². The predicted octanol–water partition coefficient (Wildman–Crippen LogP) is 3.72. The number of nitrogens with one attached hydrogen (secondary N) is 1. The predicted molar refractivity (Wildman–Crippen MR) is 81.9 cm³/mol. The van der Waals surface area contributed by atoms with Crippen LogP contribution in [-0.2, 0) is 14.8 Å². The third-order valence-electron chi connectivity index (χ3n) is 3.58. The van der Waals surface area contributed by atoms with Gasteiger partial charge in [-0.15, -0.1) is 0 Å². The van der Waals surface area contributed by atoms with Crippen molar-refractivity contribution < 1.29 is 17.9 Å². The van der Waals surface area contributed by atoms with E-state index < -0.39 is 21.7 Å². The number of rotatable bonds is 6. The highest BCUT2D eigenvalue weighted by Crippen LogP contribution is 2.24. The Morgan fingerprint density at radius 3 is 2.05 bits per heavy atom. The van der Waals surface area contributed by atoms with Gasteiger partial charge in [0.2, 0.25) is 0 Å². The van der Waals surface area contributed by atoms with Gasteiger partial charge in [-0.1, -0.05) is 32.4 Å². The standard InChI is InChI=1S/C14H20ClNO4S/c1-4-14(5-2,6-3)20-13(17)16-21(18,19)12-9-7-11(15)8-10-12/h7-10H,4-6H2,1-3H3,(H,16,17). The summed E-state index contributed by atoms with van der Waals surface area (Å²) in [4.78, 5) is 11.8. The lowest BCUT2D eigenvalue weighted by Crippen LogP contribution is -2.40. The first-order chi connectivity index (χ1) is 9.78. The largest absolute Gasteiger partial charge is 0.442 e. The van der Waals surface area contributed by atoms with Gasteiger partial charge in [0.05, 0.1) is 4.90 Å². The van der Waals surface area contributed by atoms with E-state index in [1.54, 1.807) is 0 Å². The molecule has 0 aliphatic carbocycles. The molecule has 0 fully saturated rings. The number of halogens is 1. The fraction of sp³-hybridized carbons (Fsp3) is 0.500. The fourth-order valence-electron chi connectivity index (χ4n) is 1.97. The van der Waals surface area contributed by atoms with Crippen LogP contribution in [0, 0.1) is 0 Å². The van der Waals surface area contributed by atoms with Gasteiger partial charge in [0.1, 0.15) is 5.60 Å². The number of benzene rings is 1. The molecule has 0 saturated carbocycles. The molecular weight excluding hydrogens is 314 g/mol. The van der Waals surface area contributed by atoms with E-state index in [0.29, 0.717) is 24.3 Å². The highest BCUT2D eigenvalue weighted by molar-refractivity contribution is 7.90. The Bertz CT molecular complexity index is 571. The molecule has 1 rings (SSSR count). The van der Waals surface area contributed by atoms with Crippen LogP contribution in [0.1, 0.15) is 40.0 Å². The first-order valence-corrected chi connectivity index (χ1v) is 8.66. The summed E-state index contributed by atoms with van der Waals surface area (Å²) < 4.78 is 31.3. The summed E-state index contributed by atoms with van der Waals surface area (Å²) in [6, 6.07) is 5.53. The molecule has 0 spiro atoms. The van der Waals surface area contributed by atoms with Crippen LogP contribution in [0.5, 0.6) is 0 Å². The third kappa shape index (κ3) is 4.61. The Labute approximate surface area is 130 Å². The number of hydrogen-bond donors (Lipinski definition) is 1. The molecule has 21 heavy (non-hydrogen) atoms. The van der Waals surface area contributed by atoms with Crippen LogP contribution in [0.15, 0.2) is 29.2 Å². The molecule has 1 N–H and O–H groups in total. The molecule has 1 aromatic carbocycles. The maximum absolute atomic E-state index is 12.0. The molecule has 0 aromatic heterocycles. The number of sulfonamides is 1. The van der Waals surface area contributed by atoms with Crippen molar-refractivity contribution >= 4 is 27.7 Å². The molecule has 7 heteroatoms. The monoisotopic (exact) mass is 333 g/mol. The minimum Gasteiger partial charge on any atom is -0.442 e. The van der Waals surface area contributed by atoms with Gasteiger partial charge in [0.15, 0.2) is 0 Å². The minimum atomic E-state index is -3.96. The number of hydrogen-bond acceptors (Lipinski definition) is 4. The minimum absolute atomic E-state index is 0.0426. The maximum atomic E-state index is 12.0. The topological polar surface area (TPSA) is 72.5 Å². The SMILES string of the molecule is CCC(CC)(CC)OC(=O)NS(=O)(=O)c1ccc(Cl)cc1. The van der Waals surface area contributed by atoms with Crippen LogP contribution in [0.4, 0.5) is 4.79 Å². The van der Waals surface area contributed by atoms with Gasteiger partial charge >= 0.3 is 6.09 Å². The van der Waals surface area contributed by atoms with Crippen molar-refractivity contribution in [2.24, 2.45) is 0 Å². The van der Waals surface area contributed by atoms with Crippen molar-refractivity contribution in [1.29, 1.82) is 0 Å². The molecular formula is C14H20ClNO4S. The highest BCUT2D eigenvalue weighted by Gasteiger charge is 2.30. The van der Waals surface area contributed by atoms with Gasteiger partial charge in [-0.3, -0.25) is 0 Å². The zero-order chi connectivity index (χ0) is 16.1. The zero-order valence-corrected chi connectivity index (χ0v) is 13.9. The van der Waals surface area contributed by atoms with E-state index in [1.807, 2.05) is 25.5 Å². The van der Waals surface area contributed by atoms with Gasteiger partial charge in [0, 0.05) is 5.02 Å². The van der Waals surface area contributed by atoms with Crippen LogP contribution < -0.4 is 4.72 Å². The van der Waals surface area contributed by atoms with Crippen molar-refractivity contribution in [2.75, 3.05) is 0 Å². The smallest absolute Gasteiger partial charge is 0.421 e. The van der Waals surface area contributed by atoms with Crippen molar-refractivity contribution in [2.45, 2.75) is 50.5 Å². The van der Waals surface area contributed by atoms with Crippen LogP contribution in [0.3, 0.4) is 0 Å². The molecule has 0 aliphatic rings. The molecule has 1 amide bonds. The van der Waals surface area contributed by atoms with E-state index in [0.717, 1.165) is 0 Å². The fourth-order valence-corrected chi connectivity index (χ4v) is 2.97. The average molecular weight is 334 g/mol. The second-order valence-electron chi connectivity index (χ2n) is 4.69. The first kappa shape index (κ1) is 17.8. The second-order valence-corrected chi connectivity index (χ2v) is 6.81. The van der Waals surface area contributed by atoms with Crippen LogP contribution in [0.25, 0.3) is 0 Å². The molecule has 0 heterocycles. The van der Waals surface area contributed by atoms with E-state index in [1.165, 1.54) is 24.3 Å². The first-order valence-electron chi connectivity index (χ1n) is 6.80. The van der Waals surface area contributed by atoms with Crippen molar-refractivity contribution in [3.63, 3.8) is 0 Å². The van der Waals surface area contributed by atoms with Crippen molar-refractivity contribution in [1.82, 2.24) is 4.72 Å². The zero-order valence-electron chi connectivity index (χ0n) is 12.3. The Kier molecular flexibility index (Phi) is 6.04. The molecule has 0 aliphatic heterocycles. The van der Waals surface area contributed by atoms with Gasteiger partial charge in [-0.05, 0) is 43.5 Å². The lowest BCUT2D eigenvalue weighted by molar-refractivity contribution is 0.00479. The van der Waals surface area contributed by atoms with Gasteiger partial charge in [0.25, 0.3) is 10.0 Å². The molecule has 0 atom stereocenters. The number of ether oxygens (including phenoxy) is 1. The van der Waals surface area contributed by atoms with E-state index in [4.69, 9.17) is 16.3 Å². The summed E-state index contributed by atoms with van der Waals surface area (Å²) in [7, 11) is -3.96. The van der Waals surface area contributed by atoms with E-state index in [2.05, 4.69) is 0 Å². The van der Waals surface area contributed by atoms with Gasteiger partial charge in [-0.2, -0.15) is 0 Å². The lowest BCUT2D eigenvalue weighted by atomic mass is 9.94. The molecule has 0 bridgehead atoms. The number of carbonyl (C=O) groups excluding carboxylic acids is 1. The molecule has 118 valence electrons. The molecule has 1 aromatic rings. The Balaban J connectivity index is 2.84. The van der Waals surface area contributed by atoms with E-state index in [9.17, 15) is 13.2 Å². The number of carbonyl (C=O) groups is 1. The Morgan fingerprint density at radius 1 is 1.14 bits per heavy atom. The van der Waals surface area contributed by atoms with Crippen molar-refractivity contribution in [3.8, 4) is 0 Å². The Hall–Kier alpha value is -1.27. The average Bonchev–Trinajstić information content (AvgIpc) is 2.45. The third-order valence-corrected chi connectivity index (χ3v) is 5.16. The quantitative estimate of drug-likeness (QED) is 0.861. The maximum Gasteiger partial charge on any atom is 0.421 e. The highest BCUT2D eigenvalue weighted by atomic mass is 35.5. The van der Waals surface area contributed by atoms with Gasteiger partial charge in [-0.25, -0.2) is 17.9 Å². The van der Waals surface area contributed by atoms with Crippen LogP contribution >= 0.6 is 11.6 Å². The van der Waals surface area contributed by atoms with Crippen LogP contribution in [-0.4, -0.2) is 20.1 Å². The van der Waals surface area contributed by atoms with E-state index in [-0.39, 0.29) is 4.90 Å². The van der Waals surface area contributed by atoms with Crippen LogP contribution in [0.2, 0.25) is 5.02 Å². The summed E-state index contributed by atoms with van der Waals surface area (Å²) in [6.45, 7) is 5.69. The lowest BCUT2D eigenvalue weighted by Gasteiger charge is -2.30. The summed E-state index contributed by atoms with van der Waals surface area (Å²) in [5.74, 6) is 0. The number of amides is 1. The summed E-state index contributed by atoms with van der Waals surface area (Å²) in [5.41, 5.74) is -0.639. The summed E-state index contributed by atoms with van der Waals surface area (Å²) in [5, 5.41) is 0.415. The second kappa shape index (κ2) is 7.13. The summed E-state index contributed by atoms with van der Waals surface area (Å²) in [6.07, 6.45) is 0.896. The van der Waals surface area contributed by atoms with Gasteiger partial charge < -0.3 is 4.74 Å². The Morgan fingerprint density at radius 2 is 1.62 bits per heavy atom. The molecule has 0 unspecified atom stereocenters. The molecule has 0 saturated heterocycles.